The first-order valence-electron chi connectivity index (χ1n) is 4.80. The minimum absolute atomic E-state index is 0.170. The van der Waals surface area contributed by atoms with Crippen molar-refractivity contribution in [1.29, 1.82) is 0 Å². The molecule has 3 N–H and O–H groups in total. The molecule has 4 heteroatoms. The van der Waals surface area contributed by atoms with Crippen LogP contribution in [0.5, 0.6) is 5.75 Å². The van der Waals surface area contributed by atoms with Crippen molar-refractivity contribution < 1.29 is 5.11 Å². The van der Waals surface area contributed by atoms with Crippen molar-refractivity contribution in [2.24, 2.45) is 10.2 Å². The van der Waals surface area contributed by atoms with Crippen molar-refractivity contribution in [3.05, 3.63) is 48.5 Å². The molecule has 0 spiro atoms. The van der Waals surface area contributed by atoms with E-state index in [1.54, 1.807) is 30.3 Å². The highest BCUT2D eigenvalue weighted by Crippen LogP contribution is 2.22. The van der Waals surface area contributed by atoms with Crippen molar-refractivity contribution in [3.8, 4) is 5.75 Å². The van der Waals surface area contributed by atoms with E-state index in [1.807, 2.05) is 12.1 Å². The summed E-state index contributed by atoms with van der Waals surface area (Å²) < 4.78 is 0. The summed E-state index contributed by atoms with van der Waals surface area (Å²) >= 11 is 0. The monoisotopic (exact) mass is 213 g/mol. The molecule has 0 aliphatic rings. The van der Waals surface area contributed by atoms with Gasteiger partial charge in [-0.25, -0.2) is 0 Å². The second kappa shape index (κ2) is 4.44. The number of rotatable bonds is 2. The molecule has 2 aromatic rings. The number of phenolic OH excluding ortho intramolecular Hbond substituents is 1. The average molecular weight is 213 g/mol. The van der Waals surface area contributed by atoms with Crippen molar-refractivity contribution >= 4 is 17.1 Å². The SMILES string of the molecule is Nc1cccc(N=Nc2cccc(O)c2)c1. The number of benzene rings is 2. The van der Waals surface area contributed by atoms with Gasteiger partial charge in [-0.2, -0.15) is 10.2 Å². The first-order chi connectivity index (χ1) is 7.74. The summed E-state index contributed by atoms with van der Waals surface area (Å²) in [5.41, 5.74) is 7.54. The number of nitrogen functional groups attached to an aromatic ring is 1. The maximum absolute atomic E-state index is 9.23. The topological polar surface area (TPSA) is 71.0 Å². The molecule has 2 aromatic carbocycles. The van der Waals surface area contributed by atoms with Gasteiger partial charge in [0.05, 0.1) is 11.4 Å². The Morgan fingerprint density at radius 3 is 2.12 bits per heavy atom. The van der Waals surface area contributed by atoms with Crippen LogP contribution in [0, 0.1) is 0 Å². The predicted molar refractivity (Wildman–Crippen MR) is 63.1 cm³/mol. The van der Waals surface area contributed by atoms with E-state index in [-0.39, 0.29) is 5.75 Å². The standard InChI is InChI=1S/C12H11N3O/c13-9-3-1-4-10(7-9)14-15-11-5-2-6-12(16)8-11/h1-8,16H,13H2. The molecule has 0 unspecified atom stereocenters. The molecule has 0 bridgehead atoms. The molecule has 0 atom stereocenters. The Labute approximate surface area is 93.1 Å². The molecule has 2 rings (SSSR count). The van der Waals surface area contributed by atoms with E-state index in [2.05, 4.69) is 10.2 Å². The second-order valence-electron chi connectivity index (χ2n) is 3.31. The number of anilines is 1. The molecule has 0 aliphatic heterocycles. The Balaban J connectivity index is 2.21. The largest absolute Gasteiger partial charge is 0.508 e. The molecule has 0 fully saturated rings. The molecule has 0 saturated carbocycles. The normalized spacial score (nSPS) is 10.8. The second-order valence-corrected chi connectivity index (χ2v) is 3.31. The van der Waals surface area contributed by atoms with E-state index in [0.717, 1.165) is 0 Å². The predicted octanol–water partition coefficient (Wildman–Crippen LogP) is 3.39. The molecule has 0 saturated heterocycles. The number of hydrogen-bond acceptors (Lipinski definition) is 4. The number of nitrogens with two attached hydrogens (primary N) is 1. The summed E-state index contributed by atoms with van der Waals surface area (Å²) in [6.45, 7) is 0. The third kappa shape index (κ3) is 2.57. The van der Waals surface area contributed by atoms with Gasteiger partial charge in [0.15, 0.2) is 0 Å². The highest BCUT2D eigenvalue weighted by atomic mass is 16.3. The lowest BCUT2D eigenvalue weighted by Gasteiger charge is -1.95. The van der Waals surface area contributed by atoms with Gasteiger partial charge in [0.1, 0.15) is 5.75 Å². The molecule has 0 aliphatic carbocycles. The smallest absolute Gasteiger partial charge is 0.117 e. The van der Waals surface area contributed by atoms with E-state index in [0.29, 0.717) is 17.1 Å². The van der Waals surface area contributed by atoms with Gasteiger partial charge < -0.3 is 10.8 Å². The lowest BCUT2D eigenvalue weighted by molar-refractivity contribution is 0.475. The van der Waals surface area contributed by atoms with E-state index in [4.69, 9.17) is 5.73 Å². The fourth-order valence-electron chi connectivity index (χ4n) is 1.26. The molecule has 16 heavy (non-hydrogen) atoms. The summed E-state index contributed by atoms with van der Waals surface area (Å²) in [5, 5.41) is 17.2. The fourth-order valence-corrected chi connectivity index (χ4v) is 1.26. The van der Waals surface area contributed by atoms with Crippen molar-refractivity contribution in [2.75, 3.05) is 5.73 Å². The van der Waals surface area contributed by atoms with Crippen LogP contribution in [0.25, 0.3) is 0 Å². The lowest BCUT2D eigenvalue weighted by Crippen LogP contribution is -1.80. The number of nitrogens with zero attached hydrogens (tertiary/aromatic N) is 2. The van der Waals surface area contributed by atoms with Crippen LogP contribution in [0.3, 0.4) is 0 Å². The zero-order valence-corrected chi connectivity index (χ0v) is 8.54. The minimum atomic E-state index is 0.170. The third-order valence-corrected chi connectivity index (χ3v) is 1.98. The maximum Gasteiger partial charge on any atom is 0.117 e. The quantitative estimate of drug-likeness (QED) is 0.592. The van der Waals surface area contributed by atoms with Crippen LogP contribution in [0.4, 0.5) is 17.1 Å². The Kier molecular flexibility index (Phi) is 2.82. The van der Waals surface area contributed by atoms with Gasteiger partial charge >= 0.3 is 0 Å². The number of hydrogen-bond donors (Lipinski definition) is 2. The van der Waals surface area contributed by atoms with Crippen LogP contribution in [0.2, 0.25) is 0 Å². The van der Waals surface area contributed by atoms with Crippen LogP contribution < -0.4 is 5.73 Å². The summed E-state index contributed by atoms with van der Waals surface area (Å²) in [5.74, 6) is 0.170. The summed E-state index contributed by atoms with van der Waals surface area (Å²) in [7, 11) is 0. The van der Waals surface area contributed by atoms with Crippen LogP contribution in [0.15, 0.2) is 58.8 Å². The van der Waals surface area contributed by atoms with Crippen molar-refractivity contribution in [2.45, 2.75) is 0 Å². The zero-order chi connectivity index (χ0) is 11.4. The first kappa shape index (κ1) is 10.2. The molecule has 0 aromatic heterocycles. The molecule has 0 amide bonds. The van der Waals surface area contributed by atoms with Crippen LogP contribution >= 0.6 is 0 Å². The number of phenols is 1. The molecule has 0 heterocycles. The first-order valence-corrected chi connectivity index (χ1v) is 4.80. The highest BCUT2D eigenvalue weighted by Gasteiger charge is 1.93. The van der Waals surface area contributed by atoms with E-state index < -0.39 is 0 Å². The Hall–Kier alpha value is -2.36. The Morgan fingerprint density at radius 1 is 0.875 bits per heavy atom. The van der Waals surface area contributed by atoms with Gasteiger partial charge in [-0.15, -0.1) is 0 Å². The molecule has 0 radical (unpaired) electrons. The Bertz CT molecular complexity index is 476. The number of azo groups is 1. The zero-order valence-electron chi connectivity index (χ0n) is 8.54. The molecular formula is C12H11N3O. The summed E-state index contributed by atoms with van der Waals surface area (Å²) in [6.07, 6.45) is 0. The van der Waals surface area contributed by atoms with Gasteiger partial charge in [-0.3, -0.25) is 0 Å². The average Bonchev–Trinajstić information content (AvgIpc) is 2.27. The van der Waals surface area contributed by atoms with Crippen molar-refractivity contribution in [1.82, 2.24) is 0 Å². The number of aromatic hydroxyl groups is 1. The summed E-state index contributed by atoms with van der Waals surface area (Å²) in [6, 6.07) is 13.7. The van der Waals surface area contributed by atoms with Gasteiger partial charge in [-0.05, 0) is 30.3 Å². The highest BCUT2D eigenvalue weighted by molar-refractivity contribution is 5.51. The van der Waals surface area contributed by atoms with E-state index in [1.165, 1.54) is 6.07 Å². The van der Waals surface area contributed by atoms with E-state index in [9.17, 15) is 5.11 Å². The van der Waals surface area contributed by atoms with E-state index >= 15 is 0 Å². The van der Waals surface area contributed by atoms with Crippen LogP contribution in [-0.2, 0) is 0 Å². The molecule has 4 nitrogen and oxygen atoms in total. The Morgan fingerprint density at radius 2 is 1.50 bits per heavy atom. The van der Waals surface area contributed by atoms with Crippen LogP contribution in [-0.4, -0.2) is 5.11 Å². The van der Waals surface area contributed by atoms with Gasteiger partial charge in [-0.1, -0.05) is 12.1 Å². The van der Waals surface area contributed by atoms with Crippen molar-refractivity contribution in [3.63, 3.8) is 0 Å². The summed E-state index contributed by atoms with van der Waals surface area (Å²) in [4.78, 5) is 0. The van der Waals surface area contributed by atoms with Gasteiger partial charge in [0, 0.05) is 11.8 Å². The minimum Gasteiger partial charge on any atom is -0.508 e. The lowest BCUT2D eigenvalue weighted by atomic mass is 10.3. The maximum atomic E-state index is 9.23. The van der Waals surface area contributed by atoms with Gasteiger partial charge in [0.2, 0.25) is 0 Å². The van der Waals surface area contributed by atoms with Crippen LogP contribution in [0.1, 0.15) is 0 Å². The fraction of sp³-hybridized carbons (Fsp3) is 0. The third-order valence-electron chi connectivity index (χ3n) is 1.98. The molecule has 80 valence electrons. The molecular weight excluding hydrogens is 202 g/mol. The van der Waals surface area contributed by atoms with Gasteiger partial charge in [0.25, 0.3) is 0 Å².